The predicted octanol–water partition coefficient (Wildman–Crippen LogP) is 4.55. The Morgan fingerprint density at radius 2 is 1.90 bits per heavy atom. The molecule has 0 aromatic heterocycles. The average molecular weight is 290 g/mol. The Kier molecular flexibility index (Phi) is 3.45. The third-order valence-electron chi connectivity index (χ3n) is 3.45. The van der Waals surface area contributed by atoms with E-state index in [1.165, 1.54) is 0 Å². The lowest BCUT2D eigenvalue weighted by Gasteiger charge is -2.16. The molecule has 1 aliphatic heterocycles. The summed E-state index contributed by atoms with van der Waals surface area (Å²) in [6.45, 7) is 4.40. The first-order chi connectivity index (χ1) is 9.63. The number of halogens is 1. The van der Waals surface area contributed by atoms with E-state index in [2.05, 4.69) is 12.2 Å². The van der Waals surface area contributed by atoms with Gasteiger partial charge in [0.05, 0.1) is 0 Å². The summed E-state index contributed by atoms with van der Waals surface area (Å²) in [4.78, 5) is 0. The van der Waals surface area contributed by atoms with Crippen LogP contribution in [0.5, 0.6) is 11.5 Å². The summed E-state index contributed by atoms with van der Waals surface area (Å²) in [5.41, 5.74) is 3.23. The summed E-state index contributed by atoms with van der Waals surface area (Å²) in [6.07, 6.45) is 0. The molecule has 0 fully saturated rings. The van der Waals surface area contributed by atoms with Crippen LogP contribution in [0, 0.1) is 6.92 Å². The molecule has 0 saturated carbocycles. The standard InChI is InChI=1S/C16H16ClNO2/c1-10-3-5-13(8-14(10)17)18-11(2)12-4-6-15-16(7-12)20-9-19-15/h3-8,11,18H,9H2,1-2H3. The normalized spacial score (nSPS) is 14.2. The lowest BCUT2D eigenvalue weighted by atomic mass is 10.1. The first-order valence-corrected chi connectivity index (χ1v) is 6.93. The van der Waals surface area contributed by atoms with E-state index in [4.69, 9.17) is 21.1 Å². The van der Waals surface area contributed by atoms with E-state index in [0.717, 1.165) is 33.3 Å². The lowest BCUT2D eigenvalue weighted by Crippen LogP contribution is -2.06. The van der Waals surface area contributed by atoms with Crippen molar-refractivity contribution in [2.24, 2.45) is 0 Å². The van der Waals surface area contributed by atoms with Crippen molar-refractivity contribution in [2.45, 2.75) is 19.9 Å². The molecule has 20 heavy (non-hydrogen) atoms. The first kappa shape index (κ1) is 13.1. The molecule has 1 N–H and O–H groups in total. The van der Waals surface area contributed by atoms with Gasteiger partial charge in [0.2, 0.25) is 6.79 Å². The highest BCUT2D eigenvalue weighted by Gasteiger charge is 2.15. The Morgan fingerprint density at radius 1 is 1.10 bits per heavy atom. The summed E-state index contributed by atoms with van der Waals surface area (Å²) in [5, 5.41) is 4.21. The fraction of sp³-hybridized carbons (Fsp3) is 0.250. The fourth-order valence-corrected chi connectivity index (χ4v) is 2.38. The van der Waals surface area contributed by atoms with Crippen LogP contribution in [0.3, 0.4) is 0 Å². The highest BCUT2D eigenvalue weighted by atomic mass is 35.5. The summed E-state index contributed by atoms with van der Waals surface area (Å²) < 4.78 is 10.7. The Bertz CT molecular complexity index is 642. The van der Waals surface area contributed by atoms with Crippen molar-refractivity contribution < 1.29 is 9.47 Å². The molecule has 2 aromatic rings. The maximum atomic E-state index is 6.14. The second kappa shape index (κ2) is 5.25. The number of hydrogen-bond acceptors (Lipinski definition) is 3. The molecule has 3 nitrogen and oxygen atoms in total. The molecule has 0 saturated heterocycles. The van der Waals surface area contributed by atoms with Crippen LogP contribution in [0.4, 0.5) is 5.69 Å². The SMILES string of the molecule is Cc1ccc(NC(C)c2ccc3c(c2)OCO3)cc1Cl. The summed E-state index contributed by atoms with van der Waals surface area (Å²) in [5.74, 6) is 1.61. The number of ether oxygens (including phenoxy) is 2. The number of benzene rings is 2. The molecule has 2 aromatic carbocycles. The topological polar surface area (TPSA) is 30.5 Å². The van der Waals surface area contributed by atoms with Gasteiger partial charge < -0.3 is 14.8 Å². The molecule has 0 aliphatic carbocycles. The van der Waals surface area contributed by atoms with Crippen molar-refractivity contribution in [3.05, 3.63) is 52.5 Å². The minimum Gasteiger partial charge on any atom is -0.454 e. The van der Waals surface area contributed by atoms with Gasteiger partial charge in [-0.2, -0.15) is 0 Å². The molecule has 1 atom stereocenters. The second-order valence-electron chi connectivity index (χ2n) is 4.94. The van der Waals surface area contributed by atoms with Gasteiger partial charge in [-0.25, -0.2) is 0 Å². The Balaban J connectivity index is 1.78. The van der Waals surface area contributed by atoms with Crippen LogP contribution in [0.2, 0.25) is 5.02 Å². The van der Waals surface area contributed by atoms with Crippen LogP contribution >= 0.6 is 11.6 Å². The molecule has 0 spiro atoms. The van der Waals surface area contributed by atoms with Crippen molar-refractivity contribution in [3.63, 3.8) is 0 Å². The van der Waals surface area contributed by atoms with Crippen molar-refractivity contribution in [2.75, 3.05) is 12.1 Å². The largest absolute Gasteiger partial charge is 0.454 e. The average Bonchev–Trinajstić information content (AvgIpc) is 2.90. The van der Waals surface area contributed by atoms with E-state index in [0.29, 0.717) is 6.79 Å². The van der Waals surface area contributed by atoms with Crippen molar-refractivity contribution in [1.82, 2.24) is 0 Å². The van der Waals surface area contributed by atoms with Gasteiger partial charge in [0, 0.05) is 16.8 Å². The van der Waals surface area contributed by atoms with Crippen LogP contribution < -0.4 is 14.8 Å². The van der Waals surface area contributed by atoms with Crippen LogP contribution in [0.1, 0.15) is 24.1 Å². The van der Waals surface area contributed by atoms with Gasteiger partial charge in [0.25, 0.3) is 0 Å². The first-order valence-electron chi connectivity index (χ1n) is 6.56. The minimum absolute atomic E-state index is 0.156. The van der Waals surface area contributed by atoms with Crippen molar-refractivity contribution >= 4 is 17.3 Å². The Morgan fingerprint density at radius 3 is 2.70 bits per heavy atom. The fourth-order valence-electron chi connectivity index (χ4n) is 2.20. The maximum Gasteiger partial charge on any atom is 0.231 e. The molecule has 3 rings (SSSR count). The third-order valence-corrected chi connectivity index (χ3v) is 3.86. The molecule has 1 aliphatic rings. The van der Waals surface area contributed by atoms with Gasteiger partial charge in [-0.1, -0.05) is 23.7 Å². The minimum atomic E-state index is 0.156. The molecule has 4 heteroatoms. The van der Waals surface area contributed by atoms with E-state index in [1.807, 2.05) is 43.3 Å². The second-order valence-corrected chi connectivity index (χ2v) is 5.35. The zero-order chi connectivity index (χ0) is 14.1. The molecular weight excluding hydrogens is 274 g/mol. The van der Waals surface area contributed by atoms with E-state index in [9.17, 15) is 0 Å². The zero-order valence-electron chi connectivity index (χ0n) is 11.4. The van der Waals surface area contributed by atoms with Gasteiger partial charge in [0.15, 0.2) is 11.5 Å². The van der Waals surface area contributed by atoms with Gasteiger partial charge in [-0.05, 0) is 49.2 Å². The maximum absolute atomic E-state index is 6.14. The molecule has 104 valence electrons. The van der Waals surface area contributed by atoms with Crippen LogP contribution in [-0.2, 0) is 0 Å². The van der Waals surface area contributed by atoms with Crippen LogP contribution in [0.15, 0.2) is 36.4 Å². The number of aryl methyl sites for hydroxylation is 1. The van der Waals surface area contributed by atoms with Crippen LogP contribution in [-0.4, -0.2) is 6.79 Å². The predicted molar refractivity (Wildman–Crippen MR) is 80.8 cm³/mol. The molecular formula is C16H16ClNO2. The van der Waals surface area contributed by atoms with E-state index < -0.39 is 0 Å². The summed E-state index contributed by atoms with van der Waals surface area (Å²) in [7, 11) is 0. The van der Waals surface area contributed by atoms with Gasteiger partial charge >= 0.3 is 0 Å². The van der Waals surface area contributed by atoms with Gasteiger partial charge in [0.1, 0.15) is 0 Å². The molecule has 0 radical (unpaired) electrons. The van der Waals surface area contributed by atoms with Crippen molar-refractivity contribution in [1.29, 1.82) is 0 Å². The number of anilines is 1. The summed E-state index contributed by atoms with van der Waals surface area (Å²) >= 11 is 6.14. The smallest absolute Gasteiger partial charge is 0.231 e. The number of nitrogens with one attached hydrogen (secondary N) is 1. The third kappa shape index (κ3) is 2.54. The molecule has 1 heterocycles. The quantitative estimate of drug-likeness (QED) is 0.899. The van der Waals surface area contributed by atoms with E-state index >= 15 is 0 Å². The molecule has 1 unspecified atom stereocenters. The monoisotopic (exact) mass is 289 g/mol. The van der Waals surface area contributed by atoms with Crippen molar-refractivity contribution in [3.8, 4) is 11.5 Å². The number of hydrogen-bond donors (Lipinski definition) is 1. The van der Waals surface area contributed by atoms with Crippen LogP contribution in [0.25, 0.3) is 0 Å². The highest BCUT2D eigenvalue weighted by molar-refractivity contribution is 6.31. The van der Waals surface area contributed by atoms with E-state index in [1.54, 1.807) is 0 Å². The summed E-state index contributed by atoms with van der Waals surface area (Å²) in [6, 6.07) is 12.1. The zero-order valence-corrected chi connectivity index (χ0v) is 12.2. The molecule has 0 bridgehead atoms. The van der Waals surface area contributed by atoms with E-state index in [-0.39, 0.29) is 6.04 Å². The van der Waals surface area contributed by atoms with Gasteiger partial charge in [-0.3, -0.25) is 0 Å². The number of fused-ring (bicyclic) bond motifs is 1. The Labute approximate surface area is 123 Å². The lowest BCUT2D eigenvalue weighted by molar-refractivity contribution is 0.174. The number of rotatable bonds is 3. The Hall–Kier alpha value is -1.87. The highest BCUT2D eigenvalue weighted by Crippen LogP contribution is 2.35. The van der Waals surface area contributed by atoms with Gasteiger partial charge in [-0.15, -0.1) is 0 Å². The molecule has 0 amide bonds.